The Morgan fingerprint density at radius 2 is 1.69 bits per heavy atom. The van der Waals surface area contributed by atoms with E-state index in [2.05, 4.69) is 54.8 Å². The molecule has 1 aliphatic carbocycles. The van der Waals surface area contributed by atoms with Crippen molar-refractivity contribution in [1.82, 2.24) is 30.6 Å². The number of nitrogens with zero attached hydrogens (tertiary/aromatic N) is 5. The van der Waals surface area contributed by atoms with E-state index >= 15 is 0 Å². The van der Waals surface area contributed by atoms with Gasteiger partial charge in [-0.2, -0.15) is 0 Å². The number of anilines is 1. The monoisotopic (exact) mass is 829 g/mol. The number of carbonyl (C=O) groups is 3. The van der Waals surface area contributed by atoms with Crippen LogP contribution in [0.25, 0.3) is 10.4 Å². The topological polar surface area (TPSA) is 142 Å². The minimum absolute atomic E-state index is 0.0634. The molecule has 320 valence electrons. The smallest absolute Gasteiger partial charge is 0.243 e. The van der Waals surface area contributed by atoms with Gasteiger partial charge in [-0.15, -0.1) is 11.3 Å². The molecule has 5 fully saturated rings. The van der Waals surface area contributed by atoms with Gasteiger partial charge in [-0.25, -0.2) is 4.98 Å². The van der Waals surface area contributed by atoms with Gasteiger partial charge in [0.05, 0.1) is 47.5 Å². The summed E-state index contributed by atoms with van der Waals surface area (Å²) < 4.78 is 17.9. The van der Waals surface area contributed by atoms with Gasteiger partial charge in [0.1, 0.15) is 17.7 Å². The lowest BCUT2D eigenvalue weighted by molar-refractivity contribution is -0.141. The normalized spacial score (nSPS) is 24.6. The van der Waals surface area contributed by atoms with E-state index in [1.54, 1.807) is 16.2 Å². The average Bonchev–Trinajstić information content (AvgIpc) is 4.02. The number of aryl methyl sites for hydroxylation is 1. The molecule has 5 aliphatic rings. The van der Waals surface area contributed by atoms with Crippen molar-refractivity contribution in [2.75, 3.05) is 63.9 Å². The van der Waals surface area contributed by atoms with Crippen LogP contribution in [-0.4, -0.2) is 121 Å². The lowest BCUT2D eigenvalue weighted by Gasteiger charge is -2.43. The Bertz CT molecular complexity index is 1860. The molecule has 3 unspecified atom stereocenters. The van der Waals surface area contributed by atoms with Crippen LogP contribution in [-0.2, 0) is 23.9 Å². The van der Waals surface area contributed by atoms with Gasteiger partial charge in [0.15, 0.2) is 11.6 Å². The number of benzene rings is 1. The number of Topliss-reactive ketones (excluding diaryl/α,β-unsaturated/α-hetero) is 1. The minimum atomic E-state index is -0.608. The lowest BCUT2D eigenvalue weighted by Crippen LogP contribution is -2.51. The molecule has 0 radical (unpaired) electrons. The number of nitrogens with one attached hydrogen (secondary N) is 2. The number of carbonyl (C=O) groups excluding carboxylic acids is 3. The zero-order chi connectivity index (χ0) is 40.9. The highest BCUT2D eigenvalue weighted by Gasteiger charge is 2.42. The quantitative estimate of drug-likeness (QED) is 0.189. The number of rotatable bonds is 15. The summed E-state index contributed by atoms with van der Waals surface area (Å²) in [5.41, 5.74) is 4.86. The first-order valence-corrected chi connectivity index (χ1v) is 23.1. The molecule has 0 bridgehead atoms. The summed E-state index contributed by atoms with van der Waals surface area (Å²) in [6.07, 6.45) is 8.60. The summed E-state index contributed by atoms with van der Waals surface area (Å²) in [4.78, 5) is 54.3. The molecule has 3 aromatic rings. The minimum Gasteiger partial charge on any atom is -0.379 e. The van der Waals surface area contributed by atoms with E-state index in [1.807, 2.05) is 32.3 Å². The van der Waals surface area contributed by atoms with Gasteiger partial charge in [0, 0.05) is 57.2 Å². The molecule has 2 amide bonds. The summed E-state index contributed by atoms with van der Waals surface area (Å²) in [5.74, 6) is 0.710. The third-order valence-electron chi connectivity index (χ3n) is 13.5. The highest BCUT2D eigenvalue weighted by Crippen LogP contribution is 2.37. The molecule has 2 N–H and O–H groups in total. The number of hydrogen-bond acceptors (Lipinski definition) is 12. The molecule has 14 heteroatoms. The van der Waals surface area contributed by atoms with Crippen molar-refractivity contribution >= 4 is 34.8 Å². The molecular weight excluding hydrogens is 767 g/mol. The number of thiazole rings is 1. The SMILES string of the molecule is Cc1ncsc1-c1ccc(C(CCC(=O)C2CC(N3CCOCC3)C2)NC(=O)C2CCCN2C(=O)C(c2cc(N3CCC(OC4CCNCC4)CC3)no2)C(C)C)cc1. The zero-order valence-corrected chi connectivity index (χ0v) is 35.9. The second-order valence-electron chi connectivity index (χ2n) is 17.7. The predicted molar refractivity (Wildman–Crippen MR) is 227 cm³/mol. The molecule has 3 atom stereocenters. The van der Waals surface area contributed by atoms with E-state index in [0.29, 0.717) is 43.7 Å². The second kappa shape index (κ2) is 19.4. The fourth-order valence-corrected chi connectivity index (χ4v) is 10.6. The summed E-state index contributed by atoms with van der Waals surface area (Å²) >= 11 is 1.61. The average molecular weight is 830 g/mol. The number of ketones is 1. The fourth-order valence-electron chi connectivity index (χ4n) is 9.83. The van der Waals surface area contributed by atoms with Gasteiger partial charge >= 0.3 is 0 Å². The number of piperidine rings is 2. The zero-order valence-electron chi connectivity index (χ0n) is 35.1. The van der Waals surface area contributed by atoms with E-state index in [1.165, 1.54) is 0 Å². The molecule has 8 rings (SSSR count). The molecule has 1 saturated carbocycles. The van der Waals surface area contributed by atoms with Gasteiger partial charge in [-0.3, -0.25) is 19.3 Å². The van der Waals surface area contributed by atoms with Crippen molar-refractivity contribution < 1.29 is 28.4 Å². The Morgan fingerprint density at radius 3 is 2.39 bits per heavy atom. The number of likely N-dealkylation sites (tertiary alicyclic amines) is 1. The van der Waals surface area contributed by atoms with Crippen LogP contribution in [0.15, 0.2) is 40.4 Å². The van der Waals surface area contributed by atoms with Crippen LogP contribution >= 0.6 is 11.3 Å². The van der Waals surface area contributed by atoms with Crippen molar-refractivity contribution in [1.29, 1.82) is 0 Å². The molecule has 1 aromatic carbocycles. The van der Waals surface area contributed by atoms with Crippen LogP contribution in [0.2, 0.25) is 0 Å². The third kappa shape index (κ3) is 9.93. The summed E-state index contributed by atoms with van der Waals surface area (Å²) in [6, 6.07) is 9.66. The van der Waals surface area contributed by atoms with E-state index in [4.69, 9.17) is 14.0 Å². The maximum absolute atomic E-state index is 14.5. The number of ether oxygens (including phenoxy) is 2. The first kappa shape index (κ1) is 42.0. The number of hydrogen-bond donors (Lipinski definition) is 2. The van der Waals surface area contributed by atoms with Crippen LogP contribution in [0, 0.1) is 18.8 Å². The van der Waals surface area contributed by atoms with Crippen molar-refractivity contribution in [2.24, 2.45) is 11.8 Å². The largest absolute Gasteiger partial charge is 0.379 e. The molecular formula is C45H63N7O6S. The standard InChI is InChI=1S/C45H63N7O6S/c1-29(2)42(40-27-41(49-58-40)51-19-14-36(15-20-51)57-35-12-16-46-17-13-35)45(55)52-18-4-5-38(52)44(54)48-37(31-6-8-32(9-7-31)43-30(3)47-28-59-43)10-11-39(53)33-25-34(26-33)50-21-23-56-24-22-50/h6-9,27-29,33-38,42,46H,4-5,10-26H2,1-3H3,(H,48,54). The molecule has 2 aromatic heterocycles. The predicted octanol–water partition coefficient (Wildman–Crippen LogP) is 5.89. The van der Waals surface area contributed by atoms with Gasteiger partial charge in [0.2, 0.25) is 11.8 Å². The van der Waals surface area contributed by atoms with Gasteiger partial charge in [-0.05, 0) is 94.8 Å². The van der Waals surface area contributed by atoms with E-state index in [0.717, 1.165) is 125 Å². The molecule has 4 aliphatic heterocycles. The second-order valence-corrected chi connectivity index (χ2v) is 18.6. The number of amides is 2. The third-order valence-corrected chi connectivity index (χ3v) is 14.5. The van der Waals surface area contributed by atoms with Gasteiger partial charge in [-0.1, -0.05) is 43.3 Å². The van der Waals surface area contributed by atoms with Crippen molar-refractivity contribution in [3.8, 4) is 10.4 Å². The number of morpholine rings is 1. The van der Waals surface area contributed by atoms with Crippen LogP contribution < -0.4 is 15.5 Å². The highest BCUT2D eigenvalue weighted by atomic mass is 32.1. The fraction of sp³-hybridized carbons (Fsp3) is 0.667. The summed E-state index contributed by atoms with van der Waals surface area (Å²) in [6.45, 7) is 13.6. The first-order valence-electron chi connectivity index (χ1n) is 22.2. The molecule has 6 heterocycles. The van der Waals surface area contributed by atoms with Crippen molar-refractivity contribution in [2.45, 2.75) is 121 Å². The molecule has 59 heavy (non-hydrogen) atoms. The van der Waals surface area contributed by atoms with Crippen molar-refractivity contribution in [3.63, 3.8) is 0 Å². The lowest BCUT2D eigenvalue weighted by atomic mass is 9.75. The molecule has 4 saturated heterocycles. The Morgan fingerprint density at radius 1 is 0.966 bits per heavy atom. The number of aromatic nitrogens is 2. The van der Waals surface area contributed by atoms with Crippen LogP contribution in [0.4, 0.5) is 5.82 Å². The van der Waals surface area contributed by atoms with Crippen LogP contribution in [0.3, 0.4) is 0 Å². The van der Waals surface area contributed by atoms with E-state index in [-0.39, 0.29) is 41.6 Å². The van der Waals surface area contributed by atoms with Crippen LogP contribution in [0.1, 0.15) is 107 Å². The van der Waals surface area contributed by atoms with Crippen LogP contribution in [0.5, 0.6) is 0 Å². The van der Waals surface area contributed by atoms with E-state index < -0.39 is 12.0 Å². The Labute approximate surface area is 352 Å². The Hall–Kier alpha value is -3.69. The first-order chi connectivity index (χ1) is 28.7. The summed E-state index contributed by atoms with van der Waals surface area (Å²) in [7, 11) is 0. The van der Waals surface area contributed by atoms with Gasteiger partial charge < -0.3 is 34.4 Å². The maximum atomic E-state index is 14.5. The Kier molecular flexibility index (Phi) is 13.8. The highest BCUT2D eigenvalue weighted by molar-refractivity contribution is 7.13. The van der Waals surface area contributed by atoms with Crippen molar-refractivity contribution in [3.05, 3.63) is 52.9 Å². The Balaban J connectivity index is 0.912. The molecule has 13 nitrogen and oxygen atoms in total. The van der Waals surface area contributed by atoms with E-state index in [9.17, 15) is 14.4 Å². The van der Waals surface area contributed by atoms with Gasteiger partial charge in [0.25, 0.3) is 0 Å². The molecule has 0 spiro atoms. The maximum Gasteiger partial charge on any atom is 0.243 e. The summed E-state index contributed by atoms with van der Waals surface area (Å²) in [5, 5.41) is 11.2.